The van der Waals surface area contributed by atoms with Crippen LogP contribution in [0.15, 0.2) is 18.2 Å². The summed E-state index contributed by atoms with van der Waals surface area (Å²) in [5.41, 5.74) is -0.0739. The smallest absolute Gasteiger partial charge is 0.410 e. The summed E-state index contributed by atoms with van der Waals surface area (Å²) in [6.45, 7) is 7.64. The first kappa shape index (κ1) is 19.9. The third-order valence-electron chi connectivity index (χ3n) is 5.95. The van der Waals surface area contributed by atoms with Gasteiger partial charge in [-0.3, -0.25) is 4.79 Å². The third-order valence-corrected chi connectivity index (χ3v) is 5.95. The quantitative estimate of drug-likeness (QED) is 0.840. The molecule has 2 amide bonds. The lowest BCUT2D eigenvalue weighted by Gasteiger charge is -2.30. The minimum atomic E-state index is -0.539. The van der Waals surface area contributed by atoms with E-state index in [4.69, 9.17) is 14.2 Å². The number of nitrogens with one attached hydrogen (secondary N) is 1. The molecule has 0 radical (unpaired) electrons. The molecule has 1 aliphatic carbocycles. The Kier molecular flexibility index (Phi) is 5.32. The summed E-state index contributed by atoms with van der Waals surface area (Å²) in [5, 5.41) is 3.03. The third kappa shape index (κ3) is 4.14. The summed E-state index contributed by atoms with van der Waals surface area (Å²) in [6.07, 6.45) is 3.10. The molecule has 0 spiro atoms. The van der Waals surface area contributed by atoms with Gasteiger partial charge >= 0.3 is 6.09 Å². The highest BCUT2D eigenvalue weighted by atomic mass is 16.6. The van der Waals surface area contributed by atoms with Gasteiger partial charge in [-0.2, -0.15) is 0 Å². The fourth-order valence-electron chi connectivity index (χ4n) is 4.76. The van der Waals surface area contributed by atoms with Crippen molar-refractivity contribution in [3.8, 4) is 11.5 Å². The van der Waals surface area contributed by atoms with Crippen LogP contribution in [0.5, 0.6) is 11.5 Å². The zero-order valence-corrected chi connectivity index (χ0v) is 17.4. The molecule has 2 fully saturated rings. The average Bonchev–Trinajstić information content (AvgIpc) is 3.26. The Morgan fingerprint density at radius 2 is 2.00 bits per heavy atom. The van der Waals surface area contributed by atoms with E-state index >= 15 is 0 Å². The molecular formula is C22H30N2O5. The molecule has 158 valence electrons. The van der Waals surface area contributed by atoms with Gasteiger partial charge < -0.3 is 24.4 Å². The van der Waals surface area contributed by atoms with Crippen molar-refractivity contribution in [1.82, 2.24) is 10.2 Å². The number of nitrogens with zero attached hydrogens (tertiary/aromatic N) is 1. The molecule has 4 rings (SSSR count). The Morgan fingerprint density at radius 3 is 2.79 bits per heavy atom. The Labute approximate surface area is 171 Å². The Bertz CT molecular complexity index is 788. The number of para-hydroxylation sites is 1. The molecular weight excluding hydrogens is 372 g/mol. The predicted molar refractivity (Wildman–Crippen MR) is 107 cm³/mol. The van der Waals surface area contributed by atoms with Gasteiger partial charge in [-0.05, 0) is 57.6 Å². The predicted octanol–water partition coefficient (Wildman–Crippen LogP) is 3.22. The number of ether oxygens (including phenoxy) is 3. The lowest BCUT2D eigenvalue weighted by molar-refractivity contribution is 0.0200. The normalized spacial score (nSPS) is 25.5. The number of rotatable bonds is 3. The summed E-state index contributed by atoms with van der Waals surface area (Å²) in [5.74, 6) is 1.78. The molecule has 7 nitrogen and oxygen atoms in total. The molecule has 29 heavy (non-hydrogen) atoms. The summed E-state index contributed by atoms with van der Waals surface area (Å²) < 4.78 is 16.9. The number of carbonyl (C=O) groups excluding carboxylic acids is 2. The van der Waals surface area contributed by atoms with E-state index < -0.39 is 5.60 Å². The first-order valence-corrected chi connectivity index (χ1v) is 10.5. The van der Waals surface area contributed by atoms with Crippen molar-refractivity contribution in [2.75, 3.05) is 26.3 Å². The van der Waals surface area contributed by atoms with Gasteiger partial charge in [0.1, 0.15) is 18.8 Å². The fourth-order valence-corrected chi connectivity index (χ4v) is 4.76. The van der Waals surface area contributed by atoms with Crippen molar-refractivity contribution in [3.05, 3.63) is 23.8 Å². The minimum absolute atomic E-state index is 0.0435. The Hall–Kier alpha value is -2.44. The zero-order chi connectivity index (χ0) is 20.6. The van der Waals surface area contributed by atoms with Gasteiger partial charge in [0, 0.05) is 13.1 Å². The second-order valence-corrected chi connectivity index (χ2v) is 9.09. The maximum absolute atomic E-state index is 12.9. The second-order valence-electron chi connectivity index (χ2n) is 9.09. The topological polar surface area (TPSA) is 77.1 Å². The van der Waals surface area contributed by atoms with E-state index in [1.54, 1.807) is 18.2 Å². The number of hydrogen-bond donors (Lipinski definition) is 1. The molecule has 1 saturated heterocycles. The number of hydrogen-bond acceptors (Lipinski definition) is 5. The van der Waals surface area contributed by atoms with Gasteiger partial charge in [0.25, 0.3) is 5.91 Å². The molecule has 3 aliphatic rings. The Balaban J connectivity index is 1.47. The molecule has 0 unspecified atom stereocenters. The van der Waals surface area contributed by atoms with Gasteiger partial charge in [-0.1, -0.05) is 12.5 Å². The highest BCUT2D eigenvalue weighted by Crippen LogP contribution is 2.42. The zero-order valence-electron chi connectivity index (χ0n) is 17.4. The molecule has 2 heterocycles. The van der Waals surface area contributed by atoms with Crippen molar-refractivity contribution < 1.29 is 23.8 Å². The largest absolute Gasteiger partial charge is 0.486 e. The summed E-state index contributed by atoms with van der Waals surface area (Å²) in [4.78, 5) is 27.5. The van der Waals surface area contributed by atoms with E-state index in [1.165, 1.54) is 6.42 Å². The van der Waals surface area contributed by atoms with Crippen LogP contribution in [0.2, 0.25) is 0 Å². The van der Waals surface area contributed by atoms with Gasteiger partial charge in [-0.25, -0.2) is 4.79 Å². The highest BCUT2D eigenvalue weighted by molar-refractivity contribution is 5.97. The fraction of sp³-hybridized carbons (Fsp3) is 0.636. The monoisotopic (exact) mass is 402 g/mol. The van der Waals surface area contributed by atoms with Gasteiger partial charge in [0.2, 0.25) is 0 Å². The van der Waals surface area contributed by atoms with Crippen molar-refractivity contribution in [2.24, 2.45) is 11.8 Å². The van der Waals surface area contributed by atoms with E-state index in [0.29, 0.717) is 55.2 Å². The molecule has 0 aromatic heterocycles. The second kappa shape index (κ2) is 7.76. The standard InChI is InChI=1S/C22H30N2O5/c1-22(2,3)29-21(26)24-13-14-6-4-7-15(14)17(24)12-23-20(25)16-8-5-9-18-19(16)28-11-10-27-18/h5,8-9,14-15,17H,4,6-7,10-13H2,1-3H3,(H,23,25)/t14-,15-,17+/m0/s1. The highest BCUT2D eigenvalue weighted by Gasteiger charge is 2.47. The molecule has 1 N–H and O–H groups in total. The molecule has 1 aromatic carbocycles. The van der Waals surface area contributed by atoms with E-state index in [9.17, 15) is 9.59 Å². The first-order valence-electron chi connectivity index (χ1n) is 10.5. The lowest BCUT2D eigenvalue weighted by Crippen LogP contribution is -2.47. The van der Waals surface area contributed by atoms with Crippen LogP contribution in [0.4, 0.5) is 4.79 Å². The van der Waals surface area contributed by atoms with Gasteiger partial charge in [0.05, 0.1) is 11.6 Å². The SMILES string of the molecule is CC(C)(C)OC(=O)N1C[C@@H]2CCC[C@@H]2[C@H]1CNC(=O)c1cccc2c1OCCO2. The molecule has 3 atom stereocenters. The van der Waals surface area contributed by atoms with Crippen molar-refractivity contribution in [3.63, 3.8) is 0 Å². The van der Waals surface area contributed by atoms with Crippen LogP contribution in [0, 0.1) is 11.8 Å². The maximum Gasteiger partial charge on any atom is 0.410 e. The lowest BCUT2D eigenvalue weighted by atomic mass is 9.94. The average molecular weight is 402 g/mol. The van der Waals surface area contributed by atoms with Crippen LogP contribution in [-0.4, -0.2) is 54.8 Å². The van der Waals surface area contributed by atoms with Crippen molar-refractivity contribution in [1.29, 1.82) is 0 Å². The maximum atomic E-state index is 12.9. The van der Waals surface area contributed by atoms with Gasteiger partial charge in [-0.15, -0.1) is 0 Å². The van der Waals surface area contributed by atoms with E-state index in [-0.39, 0.29) is 18.0 Å². The van der Waals surface area contributed by atoms with E-state index in [0.717, 1.165) is 12.8 Å². The van der Waals surface area contributed by atoms with Gasteiger partial charge in [0.15, 0.2) is 11.5 Å². The number of benzene rings is 1. The van der Waals surface area contributed by atoms with E-state index in [1.807, 2.05) is 25.7 Å². The number of fused-ring (bicyclic) bond motifs is 2. The molecule has 7 heteroatoms. The molecule has 0 bridgehead atoms. The van der Waals surface area contributed by atoms with Crippen molar-refractivity contribution in [2.45, 2.75) is 51.7 Å². The van der Waals surface area contributed by atoms with Crippen LogP contribution >= 0.6 is 0 Å². The number of amides is 2. The summed E-state index contributed by atoms with van der Waals surface area (Å²) in [7, 11) is 0. The Morgan fingerprint density at radius 1 is 1.21 bits per heavy atom. The molecule has 2 aliphatic heterocycles. The summed E-state index contributed by atoms with van der Waals surface area (Å²) >= 11 is 0. The van der Waals surface area contributed by atoms with Crippen molar-refractivity contribution >= 4 is 12.0 Å². The molecule has 1 saturated carbocycles. The van der Waals surface area contributed by atoms with Crippen LogP contribution in [0.3, 0.4) is 0 Å². The molecule has 1 aromatic rings. The first-order chi connectivity index (χ1) is 13.8. The number of likely N-dealkylation sites (tertiary alicyclic amines) is 1. The van der Waals surface area contributed by atoms with Crippen LogP contribution in [0.1, 0.15) is 50.4 Å². The number of carbonyl (C=O) groups is 2. The van der Waals surface area contributed by atoms with Crippen LogP contribution in [0.25, 0.3) is 0 Å². The summed E-state index contributed by atoms with van der Waals surface area (Å²) in [6, 6.07) is 5.28. The van der Waals surface area contributed by atoms with Crippen LogP contribution in [-0.2, 0) is 4.74 Å². The minimum Gasteiger partial charge on any atom is -0.486 e. The van der Waals surface area contributed by atoms with E-state index in [2.05, 4.69) is 5.32 Å². The van der Waals surface area contributed by atoms with Crippen LogP contribution < -0.4 is 14.8 Å².